The van der Waals surface area contributed by atoms with Gasteiger partial charge >= 0.3 is 5.97 Å². The molecular formula is C23H18ClNO5S. The highest BCUT2D eigenvalue weighted by Crippen LogP contribution is 2.38. The van der Waals surface area contributed by atoms with E-state index in [9.17, 15) is 18.0 Å². The first-order chi connectivity index (χ1) is 14.8. The van der Waals surface area contributed by atoms with Gasteiger partial charge in [0.15, 0.2) is 0 Å². The molecule has 31 heavy (non-hydrogen) atoms. The van der Waals surface area contributed by atoms with Crippen molar-refractivity contribution in [1.29, 1.82) is 0 Å². The third-order valence-corrected chi connectivity index (χ3v) is 7.07. The van der Waals surface area contributed by atoms with Crippen LogP contribution >= 0.6 is 11.6 Å². The van der Waals surface area contributed by atoms with E-state index in [4.69, 9.17) is 16.3 Å². The van der Waals surface area contributed by atoms with Crippen LogP contribution in [-0.4, -0.2) is 26.9 Å². The number of benzene rings is 3. The first kappa shape index (κ1) is 21.1. The Bertz CT molecular complexity index is 1290. The fourth-order valence-corrected chi connectivity index (χ4v) is 5.23. The summed E-state index contributed by atoms with van der Waals surface area (Å²) >= 11 is 5.97. The van der Waals surface area contributed by atoms with Crippen LogP contribution in [0.15, 0.2) is 76.5 Å². The minimum Gasteiger partial charge on any atom is -0.462 e. The molecule has 0 unspecified atom stereocenters. The van der Waals surface area contributed by atoms with Gasteiger partial charge in [0.2, 0.25) is 9.84 Å². The van der Waals surface area contributed by atoms with E-state index in [1.165, 1.54) is 35.2 Å². The molecule has 4 rings (SSSR count). The average Bonchev–Trinajstić information content (AvgIpc) is 2.83. The molecule has 0 atom stereocenters. The largest absolute Gasteiger partial charge is 0.462 e. The number of esters is 1. The third-order valence-electron chi connectivity index (χ3n) is 4.96. The van der Waals surface area contributed by atoms with Gasteiger partial charge in [-0.15, -0.1) is 0 Å². The van der Waals surface area contributed by atoms with Crippen LogP contribution < -0.4 is 4.90 Å². The zero-order valence-corrected chi connectivity index (χ0v) is 18.1. The summed E-state index contributed by atoms with van der Waals surface area (Å²) in [5.41, 5.74) is 1.12. The highest BCUT2D eigenvalue weighted by Gasteiger charge is 2.36. The Morgan fingerprint density at radius 1 is 1.00 bits per heavy atom. The number of ether oxygens (including phenoxy) is 1. The number of rotatable bonds is 4. The van der Waals surface area contributed by atoms with Crippen molar-refractivity contribution in [3.63, 3.8) is 0 Å². The number of carbonyl (C=O) groups is 2. The molecule has 0 bridgehead atoms. The van der Waals surface area contributed by atoms with Gasteiger partial charge in [-0.25, -0.2) is 13.2 Å². The molecule has 158 valence electrons. The lowest BCUT2D eigenvalue weighted by atomic mass is 10.1. The summed E-state index contributed by atoms with van der Waals surface area (Å²) in [5, 5.41) is 0.545. The molecule has 1 heterocycles. The maximum Gasteiger partial charge on any atom is 0.338 e. The molecular weight excluding hydrogens is 438 g/mol. The van der Waals surface area contributed by atoms with Crippen LogP contribution in [-0.2, 0) is 21.1 Å². The maximum absolute atomic E-state index is 13.5. The third kappa shape index (κ3) is 3.82. The zero-order valence-electron chi connectivity index (χ0n) is 16.5. The maximum atomic E-state index is 13.5. The molecule has 1 aliphatic rings. The fraction of sp³-hybridized carbons (Fsp3) is 0.130. The van der Waals surface area contributed by atoms with Gasteiger partial charge in [-0.3, -0.25) is 4.79 Å². The normalized spacial score (nSPS) is 14.4. The van der Waals surface area contributed by atoms with Crippen LogP contribution in [0.25, 0.3) is 0 Å². The lowest BCUT2D eigenvalue weighted by Gasteiger charge is -2.23. The highest BCUT2D eigenvalue weighted by molar-refractivity contribution is 7.91. The van der Waals surface area contributed by atoms with E-state index in [0.29, 0.717) is 5.02 Å². The van der Waals surface area contributed by atoms with Gasteiger partial charge in [0.25, 0.3) is 5.91 Å². The Balaban J connectivity index is 1.94. The first-order valence-corrected chi connectivity index (χ1v) is 11.4. The second-order valence-electron chi connectivity index (χ2n) is 6.92. The van der Waals surface area contributed by atoms with Crippen LogP contribution in [0.5, 0.6) is 0 Å². The van der Waals surface area contributed by atoms with E-state index in [0.717, 1.165) is 5.56 Å². The monoisotopic (exact) mass is 455 g/mol. The van der Waals surface area contributed by atoms with Crippen LogP contribution in [0.3, 0.4) is 0 Å². The lowest BCUT2D eigenvalue weighted by Crippen LogP contribution is -2.30. The summed E-state index contributed by atoms with van der Waals surface area (Å²) in [5.74, 6) is -1.07. The minimum atomic E-state index is -3.99. The van der Waals surface area contributed by atoms with E-state index in [2.05, 4.69) is 0 Å². The number of hydrogen-bond acceptors (Lipinski definition) is 5. The number of carbonyl (C=O) groups excluding carboxylic acids is 2. The van der Waals surface area contributed by atoms with E-state index >= 15 is 0 Å². The molecule has 0 radical (unpaired) electrons. The van der Waals surface area contributed by atoms with Gasteiger partial charge in [0.05, 0.1) is 39.8 Å². The smallest absolute Gasteiger partial charge is 0.338 e. The van der Waals surface area contributed by atoms with Crippen molar-refractivity contribution in [2.24, 2.45) is 0 Å². The molecule has 0 saturated heterocycles. The van der Waals surface area contributed by atoms with Crippen molar-refractivity contribution in [2.45, 2.75) is 23.3 Å². The van der Waals surface area contributed by atoms with E-state index in [1.54, 1.807) is 43.3 Å². The first-order valence-electron chi connectivity index (χ1n) is 9.54. The Labute approximate surface area is 184 Å². The number of halogens is 1. The van der Waals surface area contributed by atoms with Gasteiger partial charge in [-0.05, 0) is 55.0 Å². The van der Waals surface area contributed by atoms with Gasteiger partial charge in [0, 0.05) is 5.02 Å². The molecule has 1 amide bonds. The molecule has 0 fully saturated rings. The number of fused-ring (bicyclic) bond motifs is 2. The lowest BCUT2D eigenvalue weighted by molar-refractivity contribution is 0.0526. The number of anilines is 1. The Hall–Kier alpha value is -3.16. The second-order valence-corrected chi connectivity index (χ2v) is 9.24. The van der Waals surface area contributed by atoms with E-state index < -0.39 is 21.7 Å². The molecule has 3 aromatic carbocycles. The molecule has 1 aliphatic heterocycles. The van der Waals surface area contributed by atoms with Crippen LogP contribution in [0.1, 0.15) is 33.2 Å². The molecule has 0 aromatic heterocycles. The highest BCUT2D eigenvalue weighted by atomic mass is 35.5. The summed E-state index contributed by atoms with van der Waals surface area (Å²) < 4.78 is 31.8. The summed E-state index contributed by atoms with van der Waals surface area (Å²) in [6.45, 7) is 1.95. The summed E-state index contributed by atoms with van der Waals surface area (Å²) in [7, 11) is -3.99. The number of hydrogen-bond donors (Lipinski definition) is 0. The summed E-state index contributed by atoms with van der Waals surface area (Å²) in [6, 6.07) is 17.1. The van der Waals surface area contributed by atoms with Crippen molar-refractivity contribution < 1.29 is 22.7 Å². The Kier molecular flexibility index (Phi) is 5.56. The molecule has 0 saturated carbocycles. The zero-order chi connectivity index (χ0) is 22.2. The topological polar surface area (TPSA) is 80.8 Å². The average molecular weight is 456 g/mol. The van der Waals surface area contributed by atoms with E-state index in [1.807, 2.05) is 0 Å². The number of amides is 1. The fourth-order valence-electron chi connectivity index (χ4n) is 3.48. The molecule has 3 aromatic rings. The van der Waals surface area contributed by atoms with Crippen LogP contribution in [0, 0.1) is 0 Å². The van der Waals surface area contributed by atoms with E-state index in [-0.39, 0.29) is 39.8 Å². The summed E-state index contributed by atoms with van der Waals surface area (Å²) in [6.07, 6.45) is 0. The molecule has 0 aliphatic carbocycles. The van der Waals surface area contributed by atoms with Gasteiger partial charge in [-0.2, -0.15) is 0 Å². The van der Waals surface area contributed by atoms with Gasteiger partial charge < -0.3 is 9.64 Å². The van der Waals surface area contributed by atoms with Gasteiger partial charge in [-0.1, -0.05) is 35.9 Å². The van der Waals surface area contributed by atoms with Crippen molar-refractivity contribution in [2.75, 3.05) is 11.5 Å². The summed E-state index contributed by atoms with van der Waals surface area (Å²) in [4.78, 5) is 27.0. The SMILES string of the molecule is CCOC(=O)c1ccc2c(c1)N(Cc1ccc(Cl)cc1)C(=O)c1ccccc1S2(=O)=O. The van der Waals surface area contributed by atoms with Crippen molar-refractivity contribution in [3.05, 3.63) is 88.4 Å². The van der Waals surface area contributed by atoms with Gasteiger partial charge in [0.1, 0.15) is 0 Å². The quantitative estimate of drug-likeness (QED) is 0.541. The van der Waals surface area contributed by atoms with Crippen molar-refractivity contribution in [3.8, 4) is 0 Å². The van der Waals surface area contributed by atoms with Crippen LogP contribution in [0.4, 0.5) is 5.69 Å². The predicted octanol–water partition coefficient (Wildman–Crippen LogP) is 4.51. The standard InChI is InChI=1S/C23H18ClNO5S/c1-2-30-23(27)16-9-12-21-19(13-16)25(14-15-7-10-17(24)11-8-15)22(26)18-5-3-4-6-20(18)31(21,28)29/h3-13H,2,14H2,1H3. The van der Waals surface area contributed by atoms with Crippen molar-refractivity contribution >= 4 is 39.0 Å². The Morgan fingerprint density at radius 2 is 1.71 bits per heavy atom. The predicted molar refractivity (Wildman–Crippen MR) is 116 cm³/mol. The van der Waals surface area contributed by atoms with Crippen molar-refractivity contribution in [1.82, 2.24) is 0 Å². The second kappa shape index (κ2) is 8.17. The number of nitrogens with zero attached hydrogens (tertiary/aromatic N) is 1. The Morgan fingerprint density at radius 3 is 2.42 bits per heavy atom. The van der Waals surface area contributed by atoms with Crippen LogP contribution in [0.2, 0.25) is 5.02 Å². The molecule has 0 N–H and O–H groups in total. The number of sulfone groups is 1. The molecule has 8 heteroatoms. The molecule has 6 nitrogen and oxygen atoms in total. The molecule has 0 spiro atoms. The minimum absolute atomic E-state index is 0.0483.